The van der Waals surface area contributed by atoms with E-state index >= 15 is 0 Å². The fourth-order valence-corrected chi connectivity index (χ4v) is 2.14. The molecule has 2 atom stereocenters. The molecule has 1 saturated carbocycles. The Balaban J connectivity index is 2.06. The lowest BCUT2D eigenvalue weighted by Crippen LogP contribution is -2.22. The van der Waals surface area contributed by atoms with Gasteiger partial charge in [-0.2, -0.15) is 5.10 Å². The number of nitrogens with zero attached hydrogens (tertiary/aromatic N) is 2. The molecule has 3 nitrogen and oxygen atoms in total. The second kappa shape index (κ2) is 4.13. The van der Waals surface area contributed by atoms with Crippen molar-refractivity contribution in [1.29, 1.82) is 0 Å². The molecule has 0 spiro atoms. The average molecular weight is 194 g/mol. The summed E-state index contributed by atoms with van der Waals surface area (Å²) in [5, 5.41) is 13.9. The second-order valence-electron chi connectivity index (χ2n) is 4.16. The molecule has 1 aromatic rings. The Morgan fingerprint density at radius 2 is 2.43 bits per heavy atom. The van der Waals surface area contributed by atoms with E-state index in [1.807, 2.05) is 10.9 Å². The first-order valence-corrected chi connectivity index (χ1v) is 5.50. The third kappa shape index (κ3) is 1.98. The number of aryl methyl sites for hydroxylation is 1. The summed E-state index contributed by atoms with van der Waals surface area (Å²) in [4.78, 5) is 0. The molecule has 0 aliphatic heterocycles. The Hall–Kier alpha value is -0.830. The Morgan fingerprint density at radius 1 is 1.57 bits per heavy atom. The normalized spacial score (nSPS) is 27.9. The van der Waals surface area contributed by atoms with Gasteiger partial charge in [-0.3, -0.25) is 4.68 Å². The molecular weight excluding hydrogens is 176 g/mol. The van der Waals surface area contributed by atoms with Crippen LogP contribution < -0.4 is 0 Å². The molecule has 14 heavy (non-hydrogen) atoms. The van der Waals surface area contributed by atoms with E-state index in [9.17, 15) is 5.11 Å². The van der Waals surface area contributed by atoms with Crippen molar-refractivity contribution in [2.24, 2.45) is 0 Å². The molecule has 2 rings (SSSR count). The lowest BCUT2D eigenvalue weighted by atomic mass is 9.93. The van der Waals surface area contributed by atoms with Crippen molar-refractivity contribution in [1.82, 2.24) is 9.78 Å². The Kier molecular flexibility index (Phi) is 2.87. The second-order valence-corrected chi connectivity index (χ2v) is 4.16. The highest BCUT2D eigenvalue weighted by Crippen LogP contribution is 2.27. The van der Waals surface area contributed by atoms with Gasteiger partial charge in [-0.15, -0.1) is 0 Å². The van der Waals surface area contributed by atoms with Crippen LogP contribution in [0.3, 0.4) is 0 Å². The standard InChI is InChI=1S/C11H18N2O/c1-2-9-7-12-13(8-9)10-4-3-5-11(14)6-10/h7-8,10-11,14H,2-6H2,1H3. The van der Waals surface area contributed by atoms with Crippen molar-refractivity contribution in [3.05, 3.63) is 18.0 Å². The first kappa shape index (κ1) is 9.71. The van der Waals surface area contributed by atoms with Crippen molar-refractivity contribution in [2.45, 2.75) is 51.2 Å². The van der Waals surface area contributed by atoms with Crippen LogP contribution in [0.5, 0.6) is 0 Å². The number of rotatable bonds is 2. The van der Waals surface area contributed by atoms with Crippen molar-refractivity contribution in [3.63, 3.8) is 0 Å². The summed E-state index contributed by atoms with van der Waals surface area (Å²) >= 11 is 0. The fourth-order valence-electron chi connectivity index (χ4n) is 2.14. The summed E-state index contributed by atoms with van der Waals surface area (Å²) in [5.41, 5.74) is 1.28. The zero-order valence-electron chi connectivity index (χ0n) is 8.69. The molecule has 0 aromatic carbocycles. The highest BCUT2D eigenvalue weighted by molar-refractivity contribution is 5.04. The van der Waals surface area contributed by atoms with Crippen LogP contribution in [0.15, 0.2) is 12.4 Å². The van der Waals surface area contributed by atoms with Gasteiger partial charge in [-0.25, -0.2) is 0 Å². The highest BCUT2D eigenvalue weighted by Gasteiger charge is 2.21. The summed E-state index contributed by atoms with van der Waals surface area (Å²) in [7, 11) is 0. The lowest BCUT2D eigenvalue weighted by Gasteiger charge is -2.25. The third-order valence-electron chi connectivity index (χ3n) is 3.06. The van der Waals surface area contributed by atoms with Crippen LogP contribution in [0.2, 0.25) is 0 Å². The molecule has 0 saturated heterocycles. The molecule has 0 radical (unpaired) electrons. The van der Waals surface area contributed by atoms with E-state index in [1.165, 1.54) is 5.56 Å². The Labute approximate surface area is 84.7 Å². The summed E-state index contributed by atoms with van der Waals surface area (Å²) in [6.45, 7) is 2.14. The number of hydrogen-bond acceptors (Lipinski definition) is 2. The molecule has 0 amide bonds. The topological polar surface area (TPSA) is 38.0 Å². The highest BCUT2D eigenvalue weighted by atomic mass is 16.3. The summed E-state index contributed by atoms with van der Waals surface area (Å²) in [5.74, 6) is 0. The van der Waals surface area contributed by atoms with Gasteiger partial charge in [0.2, 0.25) is 0 Å². The molecule has 1 heterocycles. The van der Waals surface area contributed by atoms with Gasteiger partial charge in [0, 0.05) is 6.20 Å². The zero-order valence-corrected chi connectivity index (χ0v) is 8.69. The van der Waals surface area contributed by atoms with Crippen molar-refractivity contribution >= 4 is 0 Å². The maximum Gasteiger partial charge on any atom is 0.0560 e. The molecule has 78 valence electrons. The number of hydrogen-bond donors (Lipinski definition) is 1. The smallest absolute Gasteiger partial charge is 0.0560 e. The molecule has 1 aliphatic rings. The van der Waals surface area contributed by atoms with E-state index in [0.29, 0.717) is 6.04 Å². The molecule has 3 heteroatoms. The Morgan fingerprint density at radius 3 is 3.07 bits per heavy atom. The maximum absolute atomic E-state index is 9.56. The largest absolute Gasteiger partial charge is 0.393 e. The summed E-state index contributed by atoms with van der Waals surface area (Å²) < 4.78 is 2.03. The molecule has 0 bridgehead atoms. The van der Waals surface area contributed by atoms with Gasteiger partial charge in [0.25, 0.3) is 0 Å². The van der Waals surface area contributed by atoms with E-state index in [4.69, 9.17) is 0 Å². The van der Waals surface area contributed by atoms with Gasteiger partial charge in [-0.05, 0) is 37.7 Å². The monoisotopic (exact) mass is 194 g/mol. The van der Waals surface area contributed by atoms with E-state index in [2.05, 4.69) is 18.2 Å². The predicted octanol–water partition coefficient (Wildman–Crippen LogP) is 1.92. The van der Waals surface area contributed by atoms with Crippen molar-refractivity contribution in [3.8, 4) is 0 Å². The molecule has 1 aliphatic carbocycles. The number of aromatic nitrogens is 2. The molecule has 1 N–H and O–H groups in total. The fraction of sp³-hybridized carbons (Fsp3) is 0.727. The third-order valence-corrected chi connectivity index (χ3v) is 3.06. The minimum Gasteiger partial charge on any atom is -0.393 e. The SMILES string of the molecule is CCc1cnn(C2CCCC(O)C2)c1. The van der Waals surface area contributed by atoms with Crippen LogP contribution in [0.25, 0.3) is 0 Å². The van der Waals surface area contributed by atoms with E-state index in [0.717, 1.165) is 32.1 Å². The quantitative estimate of drug-likeness (QED) is 0.781. The van der Waals surface area contributed by atoms with Crippen molar-refractivity contribution in [2.75, 3.05) is 0 Å². The van der Waals surface area contributed by atoms with E-state index < -0.39 is 0 Å². The number of aliphatic hydroxyl groups excluding tert-OH is 1. The van der Waals surface area contributed by atoms with E-state index in [-0.39, 0.29) is 6.10 Å². The van der Waals surface area contributed by atoms with Crippen molar-refractivity contribution < 1.29 is 5.11 Å². The van der Waals surface area contributed by atoms with Gasteiger partial charge in [0.15, 0.2) is 0 Å². The van der Waals surface area contributed by atoms with Gasteiger partial charge < -0.3 is 5.11 Å². The average Bonchev–Trinajstić information content (AvgIpc) is 2.66. The van der Waals surface area contributed by atoms with Crippen LogP contribution >= 0.6 is 0 Å². The van der Waals surface area contributed by atoms with Gasteiger partial charge in [-0.1, -0.05) is 6.92 Å². The summed E-state index contributed by atoms with van der Waals surface area (Å²) in [6.07, 6.45) is 9.06. The van der Waals surface area contributed by atoms with E-state index in [1.54, 1.807) is 0 Å². The van der Waals surface area contributed by atoms with Crippen LogP contribution in [0.4, 0.5) is 0 Å². The predicted molar refractivity (Wildman–Crippen MR) is 55.1 cm³/mol. The molecule has 2 unspecified atom stereocenters. The molecule has 1 fully saturated rings. The van der Waals surface area contributed by atoms with Crippen LogP contribution in [-0.4, -0.2) is 21.0 Å². The zero-order chi connectivity index (χ0) is 9.97. The van der Waals surface area contributed by atoms with Crippen LogP contribution in [0, 0.1) is 0 Å². The van der Waals surface area contributed by atoms with Gasteiger partial charge in [0.05, 0.1) is 18.3 Å². The minimum atomic E-state index is -0.122. The van der Waals surface area contributed by atoms with Crippen LogP contribution in [-0.2, 0) is 6.42 Å². The minimum absolute atomic E-state index is 0.122. The first-order valence-electron chi connectivity index (χ1n) is 5.50. The maximum atomic E-state index is 9.56. The van der Waals surface area contributed by atoms with Crippen LogP contribution in [0.1, 0.15) is 44.2 Å². The first-order chi connectivity index (χ1) is 6.79. The molecule has 1 aromatic heterocycles. The lowest BCUT2D eigenvalue weighted by molar-refractivity contribution is 0.100. The summed E-state index contributed by atoms with van der Waals surface area (Å²) in [6, 6.07) is 0.416. The number of aliphatic hydroxyl groups is 1. The Bertz CT molecular complexity index is 295. The van der Waals surface area contributed by atoms with Gasteiger partial charge in [0.1, 0.15) is 0 Å². The van der Waals surface area contributed by atoms with Gasteiger partial charge >= 0.3 is 0 Å². The molecular formula is C11H18N2O.